The van der Waals surface area contributed by atoms with E-state index in [0.29, 0.717) is 11.3 Å². The highest BCUT2D eigenvalue weighted by Gasteiger charge is 2.27. The van der Waals surface area contributed by atoms with Gasteiger partial charge in [0.15, 0.2) is 0 Å². The summed E-state index contributed by atoms with van der Waals surface area (Å²) in [4.78, 5) is 23.6. The van der Waals surface area contributed by atoms with Crippen molar-refractivity contribution in [2.45, 2.75) is 19.4 Å². The summed E-state index contributed by atoms with van der Waals surface area (Å²) < 4.78 is 5.09. The van der Waals surface area contributed by atoms with Crippen LogP contribution in [0.15, 0.2) is 24.3 Å². The van der Waals surface area contributed by atoms with E-state index in [-0.39, 0.29) is 11.8 Å². The molecule has 1 rings (SSSR count). The lowest BCUT2D eigenvalue weighted by Gasteiger charge is -2.22. The Balaban J connectivity index is 2.98. The summed E-state index contributed by atoms with van der Waals surface area (Å²) in [5.41, 5.74) is -0.0669. The molecule has 0 spiro atoms. The first-order valence-corrected chi connectivity index (χ1v) is 5.60. The summed E-state index contributed by atoms with van der Waals surface area (Å²) >= 11 is 0. The van der Waals surface area contributed by atoms with Gasteiger partial charge in [0.25, 0.3) is 11.8 Å². The summed E-state index contributed by atoms with van der Waals surface area (Å²) in [6, 6.07) is 6.81. The molecule has 0 unspecified atom stereocenters. The lowest BCUT2D eigenvalue weighted by Crippen LogP contribution is -2.39. The molecule has 0 aliphatic rings. The minimum atomic E-state index is -0.949. The number of anilines is 1. The van der Waals surface area contributed by atoms with Gasteiger partial charge in [0.2, 0.25) is 0 Å². The highest BCUT2D eigenvalue weighted by molar-refractivity contribution is 6.05. The van der Waals surface area contributed by atoms with Gasteiger partial charge in [0.05, 0.1) is 11.3 Å². The average Bonchev–Trinajstić information content (AvgIpc) is 2.38. The maximum atomic E-state index is 12.0. The van der Waals surface area contributed by atoms with Gasteiger partial charge in [-0.2, -0.15) is 0 Å². The van der Waals surface area contributed by atoms with Crippen LogP contribution in [0.3, 0.4) is 0 Å². The lowest BCUT2D eigenvalue weighted by atomic mass is 10.1. The number of benzene rings is 1. The number of methoxy groups -OCH3 is 1. The summed E-state index contributed by atoms with van der Waals surface area (Å²) in [5, 5.41) is 5.22. The molecule has 1 aromatic rings. The molecule has 2 N–H and O–H groups in total. The Morgan fingerprint density at radius 2 is 1.83 bits per heavy atom. The Hall–Kier alpha value is -1.88. The van der Waals surface area contributed by atoms with E-state index in [4.69, 9.17) is 4.74 Å². The second-order valence-electron chi connectivity index (χ2n) is 4.29. The van der Waals surface area contributed by atoms with Crippen LogP contribution in [0.25, 0.3) is 0 Å². The molecule has 0 radical (unpaired) electrons. The number of para-hydroxylation sites is 1. The van der Waals surface area contributed by atoms with E-state index >= 15 is 0 Å². The van der Waals surface area contributed by atoms with Crippen molar-refractivity contribution in [3.05, 3.63) is 29.8 Å². The van der Waals surface area contributed by atoms with Crippen LogP contribution in [0.5, 0.6) is 0 Å². The fraction of sp³-hybridized carbons (Fsp3) is 0.385. The summed E-state index contributed by atoms with van der Waals surface area (Å²) in [7, 11) is 3.00. The van der Waals surface area contributed by atoms with Crippen LogP contribution in [-0.2, 0) is 9.53 Å². The predicted molar refractivity (Wildman–Crippen MR) is 69.5 cm³/mol. The van der Waals surface area contributed by atoms with Gasteiger partial charge in [-0.1, -0.05) is 12.1 Å². The molecule has 0 bridgehead atoms. The van der Waals surface area contributed by atoms with Crippen molar-refractivity contribution >= 4 is 17.5 Å². The third-order valence-electron chi connectivity index (χ3n) is 2.70. The summed E-state index contributed by atoms with van der Waals surface area (Å²) in [5.74, 6) is -0.553. The van der Waals surface area contributed by atoms with E-state index in [2.05, 4.69) is 10.6 Å². The predicted octanol–water partition coefficient (Wildman–Crippen LogP) is 1.41. The molecule has 0 atom stereocenters. The van der Waals surface area contributed by atoms with Gasteiger partial charge >= 0.3 is 0 Å². The van der Waals surface area contributed by atoms with Gasteiger partial charge in [-0.3, -0.25) is 9.59 Å². The first-order valence-electron chi connectivity index (χ1n) is 5.60. The molecule has 1 aromatic carbocycles. The van der Waals surface area contributed by atoms with Gasteiger partial charge < -0.3 is 15.4 Å². The van der Waals surface area contributed by atoms with Gasteiger partial charge in [0, 0.05) is 14.2 Å². The number of ether oxygens (including phenoxy) is 1. The van der Waals surface area contributed by atoms with Gasteiger partial charge in [0.1, 0.15) is 5.60 Å². The quantitative estimate of drug-likeness (QED) is 0.849. The molecule has 2 amide bonds. The summed E-state index contributed by atoms with van der Waals surface area (Å²) in [6.07, 6.45) is 0. The van der Waals surface area contributed by atoms with E-state index in [1.165, 1.54) is 7.11 Å². The fourth-order valence-electron chi connectivity index (χ4n) is 1.29. The Morgan fingerprint density at radius 1 is 1.22 bits per heavy atom. The average molecular weight is 250 g/mol. The summed E-state index contributed by atoms with van der Waals surface area (Å²) in [6.45, 7) is 3.32. The van der Waals surface area contributed by atoms with Gasteiger partial charge in [-0.25, -0.2) is 0 Å². The highest BCUT2D eigenvalue weighted by atomic mass is 16.5. The van der Waals surface area contributed by atoms with E-state index < -0.39 is 5.60 Å². The number of rotatable bonds is 4. The van der Waals surface area contributed by atoms with Crippen molar-refractivity contribution in [2.75, 3.05) is 19.5 Å². The van der Waals surface area contributed by atoms with Crippen LogP contribution in [-0.4, -0.2) is 31.6 Å². The smallest absolute Gasteiger partial charge is 0.256 e. The third-order valence-corrected chi connectivity index (χ3v) is 2.70. The van der Waals surface area contributed by atoms with Crippen LogP contribution >= 0.6 is 0 Å². The standard InChI is InChI=1S/C13H18N2O3/c1-13(2,18-4)12(17)15-10-8-6-5-7-9(10)11(16)14-3/h5-8H,1-4H3,(H,14,16)(H,15,17). The Labute approximate surface area is 107 Å². The molecule has 0 aliphatic carbocycles. The van der Waals surface area contributed by atoms with Crippen molar-refractivity contribution in [2.24, 2.45) is 0 Å². The molecule has 5 nitrogen and oxygen atoms in total. The van der Waals surface area contributed by atoms with Crippen molar-refractivity contribution in [1.29, 1.82) is 0 Å². The molecule has 0 heterocycles. The molecule has 18 heavy (non-hydrogen) atoms. The number of amides is 2. The van der Waals surface area contributed by atoms with Crippen LogP contribution in [0.2, 0.25) is 0 Å². The van der Waals surface area contributed by atoms with Gasteiger partial charge in [-0.15, -0.1) is 0 Å². The lowest BCUT2D eigenvalue weighted by molar-refractivity contribution is -0.133. The molecule has 0 aliphatic heterocycles. The van der Waals surface area contributed by atoms with Crippen LogP contribution in [0, 0.1) is 0 Å². The maximum absolute atomic E-state index is 12.0. The number of hydrogen-bond donors (Lipinski definition) is 2. The topological polar surface area (TPSA) is 67.4 Å². The highest BCUT2D eigenvalue weighted by Crippen LogP contribution is 2.18. The fourth-order valence-corrected chi connectivity index (χ4v) is 1.29. The van der Waals surface area contributed by atoms with Crippen molar-refractivity contribution in [3.63, 3.8) is 0 Å². The Morgan fingerprint density at radius 3 is 2.39 bits per heavy atom. The zero-order chi connectivity index (χ0) is 13.8. The zero-order valence-electron chi connectivity index (χ0n) is 11.0. The Bertz CT molecular complexity index is 455. The second-order valence-corrected chi connectivity index (χ2v) is 4.29. The molecule has 0 aromatic heterocycles. The Kier molecular flexibility index (Phi) is 4.44. The molecule has 0 saturated heterocycles. The third kappa shape index (κ3) is 3.07. The van der Waals surface area contributed by atoms with Crippen LogP contribution < -0.4 is 10.6 Å². The first kappa shape index (κ1) is 14.2. The second kappa shape index (κ2) is 5.64. The van der Waals surface area contributed by atoms with Crippen molar-refractivity contribution in [3.8, 4) is 0 Å². The minimum Gasteiger partial charge on any atom is -0.369 e. The molecule has 0 fully saturated rings. The van der Waals surface area contributed by atoms with E-state index in [9.17, 15) is 9.59 Å². The van der Waals surface area contributed by atoms with E-state index in [0.717, 1.165) is 0 Å². The number of hydrogen-bond acceptors (Lipinski definition) is 3. The molecule has 0 saturated carbocycles. The number of carbonyl (C=O) groups excluding carboxylic acids is 2. The van der Waals surface area contributed by atoms with Crippen molar-refractivity contribution in [1.82, 2.24) is 5.32 Å². The van der Waals surface area contributed by atoms with Gasteiger partial charge in [-0.05, 0) is 26.0 Å². The largest absolute Gasteiger partial charge is 0.369 e. The normalized spacial score (nSPS) is 10.9. The molecule has 5 heteroatoms. The number of nitrogens with one attached hydrogen (secondary N) is 2. The molecular formula is C13H18N2O3. The monoisotopic (exact) mass is 250 g/mol. The van der Waals surface area contributed by atoms with E-state index in [1.54, 1.807) is 45.2 Å². The SMILES string of the molecule is CNC(=O)c1ccccc1NC(=O)C(C)(C)OC. The molecule has 98 valence electrons. The minimum absolute atomic E-state index is 0.249. The zero-order valence-corrected chi connectivity index (χ0v) is 11.0. The van der Waals surface area contributed by atoms with Crippen LogP contribution in [0.1, 0.15) is 24.2 Å². The van der Waals surface area contributed by atoms with E-state index in [1.807, 2.05) is 0 Å². The first-order chi connectivity index (χ1) is 8.42. The van der Waals surface area contributed by atoms with Crippen LogP contribution in [0.4, 0.5) is 5.69 Å². The number of carbonyl (C=O) groups is 2. The molecular weight excluding hydrogens is 232 g/mol. The van der Waals surface area contributed by atoms with Crippen molar-refractivity contribution < 1.29 is 14.3 Å². The maximum Gasteiger partial charge on any atom is 0.256 e.